The SMILES string of the molecule is CCCC(CC=O)O/N=C/C(C)=O. The standard InChI is InChI=1S/C9H15NO3/c1-3-4-9(5-6-11)13-10-7-8(2)12/h6-7,9H,3-5H2,1-2H3/b10-7+. The molecular weight excluding hydrogens is 170 g/mol. The quantitative estimate of drug-likeness (QED) is 0.341. The van der Waals surface area contributed by atoms with Gasteiger partial charge in [0, 0.05) is 13.3 Å². The van der Waals surface area contributed by atoms with Crippen LogP contribution < -0.4 is 0 Å². The van der Waals surface area contributed by atoms with Gasteiger partial charge in [-0.3, -0.25) is 4.79 Å². The summed E-state index contributed by atoms with van der Waals surface area (Å²) in [4.78, 5) is 25.6. The summed E-state index contributed by atoms with van der Waals surface area (Å²) >= 11 is 0. The lowest BCUT2D eigenvalue weighted by atomic mass is 10.2. The molecule has 1 unspecified atom stereocenters. The van der Waals surface area contributed by atoms with Crippen LogP contribution in [0.2, 0.25) is 0 Å². The Hall–Kier alpha value is -1.19. The van der Waals surface area contributed by atoms with Crippen molar-refractivity contribution in [3.8, 4) is 0 Å². The number of hydrogen-bond acceptors (Lipinski definition) is 4. The number of carbonyl (C=O) groups excluding carboxylic acids is 2. The Kier molecular flexibility index (Phi) is 6.78. The first-order valence-corrected chi connectivity index (χ1v) is 4.34. The summed E-state index contributed by atoms with van der Waals surface area (Å²) in [5, 5.41) is 3.48. The van der Waals surface area contributed by atoms with Gasteiger partial charge < -0.3 is 9.63 Å². The second-order valence-electron chi connectivity index (χ2n) is 2.76. The van der Waals surface area contributed by atoms with Crippen molar-refractivity contribution in [2.24, 2.45) is 5.16 Å². The number of carbonyl (C=O) groups is 2. The first kappa shape index (κ1) is 11.8. The van der Waals surface area contributed by atoms with Crippen molar-refractivity contribution in [3.05, 3.63) is 0 Å². The normalized spacial score (nSPS) is 12.8. The van der Waals surface area contributed by atoms with Crippen molar-refractivity contribution in [3.63, 3.8) is 0 Å². The number of oxime groups is 1. The zero-order chi connectivity index (χ0) is 10.1. The molecule has 74 valence electrons. The average molecular weight is 185 g/mol. The van der Waals surface area contributed by atoms with Gasteiger partial charge in [0.05, 0.1) is 0 Å². The Morgan fingerprint density at radius 1 is 1.62 bits per heavy atom. The summed E-state index contributed by atoms with van der Waals surface area (Å²) in [6.07, 6.45) is 3.72. The molecule has 0 bridgehead atoms. The maximum Gasteiger partial charge on any atom is 0.174 e. The molecule has 1 atom stereocenters. The van der Waals surface area contributed by atoms with Gasteiger partial charge in [-0.05, 0) is 6.42 Å². The van der Waals surface area contributed by atoms with Gasteiger partial charge in [0.25, 0.3) is 0 Å². The van der Waals surface area contributed by atoms with Crippen LogP contribution in [-0.4, -0.2) is 24.4 Å². The minimum Gasteiger partial charge on any atom is -0.392 e. The molecule has 0 heterocycles. The third-order valence-corrected chi connectivity index (χ3v) is 1.41. The van der Waals surface area contributed by atoms with Crippen LogP contribution in [0, 0.1) is 0 Å². The molecule has 0 aromatic heterocycles. The predicted octanol–water partition coefficient (Wildman–Crippen LogP) is 1.34. The van der Waals surface area contributed by atoms with Gasteiger partial charge in [0.2, 0.25) is 0 Å². The summed E-state index contributed by atoms with van der Waals surface area (Å²) < 4.78 is 0. The van der Waals surface area contributed by atoms with E-state index in [1.165, 1.54) is 6.92 Å². The highest BCUT2D eigenvalue weighted by atomic mass is 16.6. The van der Waals surface area contributed by atoms with Crippen LogP contribution in [-0.2, 0) is 14.4 Å². The molecule has 0 saturated carbocycles. The average Bonchev–Trinajstić information content (AvgIpc) is 2.04. The van der Waals surface area contributed by atoms with Gasteiger partial charge in [-0.2, -0.15) is 0 Å². The summed E-state index contributed by atoms with van der Waals surface area (Å²) in [5.74, 6) is -0.165. The number of hydrogen-bond donors (Lipinski definition) is 0. The van der Waals surface area contributed by atoms with Crippen molar-refractivity contribution in [2.45, 2.75) is 39.2 Å². The van der Waals surface area contributed by atoms with Gasteiger partial charge in [-0.25, -0.2) is 0 Å². The van der Waals surface area contributed by atoms with Gasteiger partial charge >= 0.3 is 0 Å². The highest BCUT2D eigenvalue weighted by Gasteiger charge is 2.06. The van der Waals surface area contributed by atoms with Crippen molar-refractivity contribution in [2.75, 3.05) is 0 Å². The Labute approximate surface area is 77.9 Å². The van der Waals surface area contributed by atoms with E-state index in [1.54, 1.807) is 0 Å². The second kappa shape index (κ2) is 7.46. The molecule has 0 radical (unpaired) electrons. The maximum atomic E-state index is 10.4. The summed E-state index contributed by atoms with van der Waals surface area (Å²) in [7, 11) is 0. The lowest BCUT2D eigenvalue weighted by molar-refractivity contribution is -0.110. The molecule has 4 heteroatoms. The van der Waals surface area contributed by atoms with E-state index < -0.39 is 0 Å². The van der Waals surface area contributed by atoms with Crippen molar-refractivity contribution >= 4 is 18.3 Å². The van der Waals surface area contributed by atoms with Crippen LogP contribution in [0.15, 0.2) is 5.16 Å². The van der Waals surface area contributed by atoms with E-state index in [4.69, 9.17) is 4.84 Å². The van der Waals surface area contributed by atoms with E-state index in [1.807, 2.05) is 6.92 Å². The molecule has 0 spiro atoms. The molecule has 0 N–H and O–H groups in total. The third-order valence-electron chi connectivity index (χ3n) is 1.41. The molecule has 0 rings (SSSR count). The highest BCUT2D eigenvalue weighted by Crippen LogP contribution is 2.05. The van der Waals surface area contributed by atoms with Crippen LogP contribution in [0.25, 0.3) is 0 Å². The molecule has 0 saturated heterocycles. The minimum absolute atomic E-state index is 0.165. The van der Waals surface area contributed by atoms with Crippen molar-refractivity contribution in [1.29, 1.82) is 0 Å². The van der Waals surface area contributed by atoms with Crippen LogP contribution in [0.3, 0.4) is 0 Å². The Morgan fingerprint density at radius 2 is 2.31 bits per heavy atom. The van der Waals surface area contributed by atoms with Gasteiger partial charge in [0.15, 0.2) is 5.78 Å². The Bertz CT molecular complexity index is 189. The predicted molar refractivity (Wildman–Crippen MR) is 49.6 cm³/mol. The van der Waals surface area contributed by atoms with Crippen molar-refractivity contribution in [1.82, 2.24) is 0 Å². The minimum atomic E-state index is -0.196. The zero-order valence-corrected chi connectivity index (χ0v) is 8.03. The number of ketones is 1. The first-order chi connectivity index (χ1) is 6.20. The summed E-state index contributed by atoms with van der Waals surface area (Å²) in [6.45, 7) is 3.39. The van der Waals surface area contributed by atoms with Gasteiger partial charge in [-0.1, -0.05) is 18.5 Å². The largest absolute Gasteiger partial charge is 0.392 e. The van der Waals surface area contributed by atoms with E-state index in [9.17, 15) is 9.59 Å². The Balaban J connectivity index is 3.79. The fraction of sp³-hybridized carbons (Fsp3) is 0.667. The number of nitrogens with zero attached hydrogens (tertiary/aromatic N) is 1. The summed E-state index contributed by atoms with van der Waals surface area (Å²) in [5.41, 5.74) is 0. The molecule has 0 amide bonds. The number of Topliss-reactive ketones (excluding diaryl/α,β-unsaturated/α-hetero) is 1. The fourth-order valence-corrected chi connectivity index (χ4v) is 0.834. The summed E-state index contributed by atoms with van der Waals surface area (Å²) in [6, 6.07) is 0. The lowest BCUT2D eigenvalue weighted by Crippen LogP contribution is -2.10. The van der Waals surface area contributed by atoms with E-state index in [-0.39, 0.29) is 11.9 Å². The second-order valence-corrected chi connectivity index (χ2v) is 2.76. The highest BCUT2D eigenvalue weighted by molar-refractivity contribution is 6.26. The van der Waals surface area contributed by atoms with E-state index >= 15 is 0 Å². The lowest BCUT2D eigenvalue weighted by Gasteiger charge is -2.09. The molecule has 0 fully saturated rings. The van der Waals surface area contributed by atoms with Crippen LogP contribution in [0.1, 0.15) is 33.1 Å². The molecular formula is C9H15NO3. The molecule has 4 nitrogen and oxygen atoms in total. The van der Waals surface area contributed by atoms with Crippen LogP contribution in [0.4, 0.5) is 0 Å². The fourth-order valence-electron chi connectivity index (χ4n) is 0.834. The van der Waals surface area contributed by atoms with Gasteiger partial charge in [-0.15, -0.1) is 0 Å². The first-order valence-electron chi connectivity index (χ1n) is 4.34. The van der Waals surface area contributed by atoms with Crippen LogP contribution >= 0.6 is 0 Å². The monoisotopic (exact) mass is 185 g/mol. The van der Waals surface area contributed by atoms with E-state index in [2.05, 4.69) is 5.16 Å². The maximum absolute atomic E-state index is 10.4. The number of aldehydes is 1. The van der Waals surface area contributed by atoms with E-state index in [0.29, 0.717) is 6.42 Å². The zero-order valence-electron chi connectivity index (χ0n) is 8.03. The number of rotatable bonds is 7. The topological polar surface area (TPSA) is 55.7 Å². The molecule has 0 aromatic rings. The Morgan fingerprint density at radius 3 is 2.77 bits per heavy atom. The third kappa shape index (κ3) is 7.18. The molecule has 0 aliphatic heterocycles. The molecule has 13 heavy (non-hydrogen) atoms. The van der Waals surface area contributed by atoms with Gasteiger partial charge in [0.1, 0.15) is 18.6 Å². The van der Waals surface area contributed by atoms with E-state index in [0.717, 1.165) is 25.3 Å². The molecule has 0 aliphatic rings. The van der Waals surface area contributed by atoms with Crippen molar-refractivity contribution < 1.29 is 14.4 Å². The van der Waals surface area contributed by atoms with Crippen LogP contribution in [0.5, 0.6) is 0 Å². The molecule has 0 aliphatic carbocycles. The smallest absolute Gasteiger partial charge is 0.174 e. The molecule has 0 aromatic carbocycles.